The van der Waals surface area contributed by atoms with E-state index in [1.807, 2.05) is 13.8 Å². The van der Waals surface area contributed by atoms with Crippen molar-refractivity contribution >= 4 is 11.8 Å². The van der Waals surface area contributed by atoms with Gasteiger partial charge in [-0.1, -0.05) is 13.8 Å². The Hall–Kier alpha value is -0.900. The van der Waals surface area contributed by atoms with Gasteiger partial charge in [0.2, 0.25) is 0 Å². The SMILES string of the molecule is CC(=O)[C@@H]1C[C@H](CC(=O)OCCOC(C)C)C1(C)C. The molecule has 0 aromatic rings. The first-order valence-corrected chi connectivity index (χ1v) is 7.02. The molecule has 110 valence electrons. The molecule has 2 atom stereocenters. The zero-order valence-corrected chi connectivity index (χ0v) is 12.7. The Morgan fingerprint density at radius 2 is 1.89 bits per heavy atom. The Morgan fingerprint density at radius 1 is 1.26 bits per heavy atom. The lowest BCUT2D eigenvalue weighted by Crippen LogP contribution is -2.49. The van der Waals surface area contributed by atoms with E-state index >= 15 is 0 Å². The molecule has 19 heavy (non-hydrogen) atoms. The number of esters is 1. The largest absolute Gasteiger partial charge is 0.463 e. The van der Waals surface area contributed by atoms with E-state index in [1.165, 1.54) is 0 Å². The third kappa shape index (κ3) is 4.30. The van der Waals surface area contributed by atoms with E-state index in [2.05, 4.69) is 13.8 Å². The summed E-state index contributed by atoms with van der Waals surface area (Å²) in [5.41, 5.74) is -0.0840. The molecule has 0 heterocycles. The van der Waals surface area contributed by atoms with Gasteiger partial charge in [0, 0.05) is 12.3 Å². The average molecular weight is 270 g/mol. The monoisotopic (exact) mass is 270 g/mol. The van der Waals surface area contributed by atoms with Crippen LogP contribution in [-0.4, -0.2) is 31.1 Å². The molecule has 0 aliphatic heterocycles. The molecule has 0 aromatic heterocycles. The highest BCUT2D eigenvalue weighted by Crippen LogP contribution is 2.53. The first-order chi connectivity index (χ1) is 8.75. The van der Waals surface area contributed by atoms with E-state index < -0.39 is 0 Å². The fourth-order valence-electron chi connectivity index (χ4n) is 2.75. The second kappa shape index (κ2) is 6.51. The minimum absolute atomic E-state index is 0.0840. The van der Waals surface area contributed by atoms with Crippen molar-refractivity contribution in [2.24, 2.45) is 17.3 Å². The molecule has 1 rings (SSSR count). The van der Waals surface area contributed by atoms with Gasteiger partial charge in [0.05, 0.1) is 12.7 Å². The predicted octanol–water partition coefficient (Wildman–Crippen LogP) is 2.60. The summed E-state index contributed by atoms with van der Waals surface area (Å²) in [7, 11) is 0. The van der Waals surface area contributed by atoms with Crippen LogP contribution >= 0.6 is 0 Å². The summed E-state index contributed by atoms with van der Waals surface area (Å²) in [4.78, 5) is 23.1. The summed E-state index contributed by atoms with van der Waals surface area (Å²) in [5.74, 6) is 0.377. The van der Waals surface area contributed by atoms with Gasteiger partial charge in [0.1, 0.15) is 12.4 Å². The van der Waals surface area contributed by atoms with Gasteiger partial charge >= 0.3 is 5.97 Å². The van der Waals surface area contributed by atoms with Crippen molar-refractivity contribution in [1.82, 2.24) is 0 Å². The number of ketones is 1. The van der Waals surface area contributed by atoms with Crippen molar-refractivity contribution in [1.29, 1.82) is 0 Å². The minimum Gasteiger partial charge on any atom is -0.463 e. The fraction of sp³-hybridized carbons (Fsp3) is 0.867. The normalized spacial score (nSPS) is 24.9. The Kier molecular flexibility index (Phi) is 5.53. The molecule has 1 aliphatic carbocycles. The molecule has 1 fully saturated rings. The third-order valence-electron chi connectivity index (χ3n) is 4.17. The summed E-state index contributed by atoms with van der Waals surface area (Å²) < 4.78 is 10.4. The van der Waals surface area contributed by atoms with Crippen LogP contribution in [0.1, 0.15) is 47.5 Å². The van der Waals surface area contributed by atoms with E-state index in [0.29, 0.717) is 19.6 Å². The second-order valence-corrected chi connectivity index (χ2v) is 6.26. The van der Waals surface area contributed by atoms with Crippen LogP contribution in [0.2, 0.25) is 0 Å². The lowest BCUT2D eigenvalue weighted by atomic mass is 9.53. The molecule has 4 nitrogen and oxygen atoms in total. The molecule has 0 amide bonds. The molecule has 0 spiro atoms. The first-order valence-electron chi connectivity index (χ1n) is 7.02. The van der Waals surface area contributed by atoms with Gasteiger partial charge in [0.15, 0.2) is 0 Å². The van der Waals surface area contributed by atoms with E-state index in [1.54, 1.807) is 6.92 Å². The zero-order valence-electron chi connectivity index (χ0n) is 12.7. The van der Waals surface area contributed by atoms with Crippen LogP contribution in [0.4, 0.5) is 0 Å². The number of hydrogen-bond acceptors (Lipinski definition) is 4. The maximum absolute atomic E-state index is 11.7. The van der Waals surface area contributed by atoms with Gasteiger partial charge in [0.25, 0.3) is 0 Å². The second-order valence-electron chi connectivity index (χ2n) is 6.26. The highest BCUT2D eigenvalue weighted by atomic mass is 16.6. The average Bonchev–Trinajstić information content (AvgIpc) is 2.28. The van der Waals surface area contributed by atoms with Gasteiger partial charge in [-0.25, -0.2) is 0 Å². The van der Waals surface area contributed by atoms with E-state index in [4.69, 9.17) is 9.47 Å². The number of Topliss-reactive ketones (excluding diaryl/α,β-unsaturated/α-hetero) is 1. The zero-order chi connectivity index (χ0) is 14.6. The molecule has 0 unspecified atom stereocenters. The molecule has 0 aromatic carbocycles. The number of hydrogen-bond donors (Lipinski definition) is 0. The quantitative estimate of drug-likeness (QED) is 0.527. The summed E-state index contributed by atoms with van der Waals surface area (Å²) in [6, 6.07) is 0. The third-order valence-corrected chi connectivity index (χ3v) is 4.17. The lowest BCUT2D eigenvalue weighted by Gasteiger charge is -2.50. The van der Waals surface area contributed by atoms with Gasteiger partial charge in [-0.2, -0.15) is 0 Å². The maximum Gasteiger partial charge on any atom is 0.306 e. The van der Waals surface area contributed by atoms with Gasteiger partial charge in [-0.3, -0.25) is 9.59 Å². The molecule has 1 saturated carbocycles. The van der Waals surface area contributed by atoms with Crippen LogP contribution in [0.15, 0.2) is 0 Å². The van der Waals surface area contributed by atoms with Crippen molar-refractivity contribution < 1.29 is 19.1 Å². The molecule has 1 aliphatic rings. The smallest absolute Gasteiger partial charge is 0.306 e. The van der Waals surface area contributed by atoms with E-state index in [9.17, 15) is 9.59 Å². The molecule has 0 bridgehead atoms. The van der Waals surface area contributed by atoms with Crippen molar-refractivity contribution in [3.05, 3.63) is 0 Å². The minimum atomic E-state index is -0.188. The van der Waals surface area contributed by atoms with Crippen molar-refractivity contribution in [2.75, 3.05) is 13.2 Å². The van der Waals surface area contributed by atoms with Crippen LogP contribution in [0.25, 0.3) is 0 Å². The van der Waals surface area contributed by atoms with Crippen LogP contribution in [0.5, 0.6) is 0 Å². The highest BCUT2D eigenvalue weighted by molar-refractivity contribution is 5.81. The van der Waals surface area contributed by atoms with Crippen molar-refractivity contribution in [3.63, 3.8) is 0 Å². The first kappa shape index (κ1) is 16.2. The molecular weight excluding hydrogens is 244 g/mol. The molecule has 0 saturated heterocycles. The Bertz CT molecular complexity index is 333. The fourth-order valence-corrected chi connectivity index (χ4v) is 2.75. The Labute approximate surface area is 115 Å². The summed E-state index contributed by atoms with van der Waals surface area (Å²) in [5, 5.41) is 0. The standard InChI is InChI=1S/C15H26O4/c1-10(2)18-6-7-19-14(17)9-12-8-13(11(3)16)15(12,4)5/h10,12-13H,6-9H2,1-5H3/t12-,13+/m1/s1. The Balaban J connectivity index is 2.25. The van der Waals surface area contributed by atoms with E-state index in [0.717, 1.165) is 6.42 Å². The van der Waals surface area contributed by atoms with Crippen LogP contribution in [0, 0.1) is 17.3 Å². The topological polar surface area (TPSA) is 52.6 Å². The number of carbonyl (C=O) groups is 2. The molecular formula is C15H26O4. The van der Waals surface area contributed by atoms with Crippen molar-refractivity contribution in [3.8, 4) is 0 Å². The number of carbonyl (C=O) groups excluding carboxylic acids is 2. The van der Waals surface area contributed by atoms with Gasteiger partial charge in [-0.05, 0) is 38.5 Å². The Morgan fingerprint density at radius 3 is 2.37 bits per heavy atom. The van der Waals surface area contributed by atoms with Gasteiger partial charge in [-0.15, -0.1) is 0 Å². The lowest BCUT2D eigenvalue weighted by molar-refractivity contribution is -0.155. The summed E-state index contributed by atoms with van der Waals surface area (Å²) in [6.45, 7) is 10.4. The number of rotatable bonds is 7. The van der Waals surface area contributed by atoms with Crippen molar-refractivity contribution in [2.45, 2.75) is 53.6 Å². The summed E-state index contributed by atoms with van der Waals surface area (Å²) >= 11 is 0. The van der Waals surface area contributed by atoms with Crippen LogP contribution in [-0.2, 0) is 19.1 Å². The molecule has 0 N–H and O–H groups in total. The van der Waals surface area contributed by atoms with E-state index in [-0.39, 0.29) is 35.1 Å². The van der Waals surface area contributed by atoms with Crippen LogP contribution in [0.3, 0.4) is 0 Å². The molecule has 4 heteroatoms. The van der Waals surface area contributed by atoms with Crippen LogP contribution < -0.4 is 0 Å². The molecule has 0 radical (unpaired) electrons. The number of ether oxygens (including phenoxy) is 2. The summed E-state index contributed by atoms with van der Waals surface area (Å²) in [6.07, 6.45) is 1.36. The predicted molar refractivity (Wildman–Crippen MR) is 72.7 cm³/mol. The van der Waals surface area contributed by atoms with Gasteiger partial charge < -0.3 is 9.47 Å². The highest BCUT2D eigenvalue weighted by Gasteiger charge is 2.50. The maximum atomic E-state index is 11.7.